The van der Waals surface area contributed by atoms with Crippen molar-refractivity contribution in [2.24, 2.45) is 0 Å². The molecule has 0 aliphatic heterocycles. The van der Waals surface area contributed by atoms with Gasteiger partial charge in [0.25, 0.3) is 0 Å². The van der Waals surface area contributed by atoms with Gasteiger partial charge in [-0.25, -0.2) is 0 Å². The van der Waals surface area contributed by atoms with Crippen LogP contribution < -0.4 is 10.1 Å². The Labute approximate surface area is 115 Å². The van der Waals surface area contributed by atoms with Crippen molar-refractivity contribution in [2.45, 2.75) is 38.5 Å². The predicted octanol–water partition coefficient (Wildman–Crippen LogP) is 3.38. The lowest BCUT2D eigenvalue weighted by atomic mass is 9.97. The molecule has 2 rings (SSSR count). The third-order valence-corrected chi connectivity index (χ3v) is 4.11. The van der Waals surface area contributed by atoms with E-state index in [1.807, 2.05) is 7.05 Å². The highest BCUT2D eigenvalue weighted by molar-refractivity contribution is 6.33. The van der Waals surface area contributed by atoms with Crippen LogP contribution in [0.5, 0.6) is 5.75 Å². The first-order chi connectivity index (χ1) is 8.77. The number of nitrogens with one attached hydrogen (secondary N) is 1. The minimum absolute atomic E-state index is 0.850. The van der Waals surface area contributed by atoms with Crippen molar-refractivity contribution in [3.05, 3.63) is 27.8 Å². The number of methoxy groups -OCH3 is 1. The molecule has 1 N–H and O–H groups in total. The molecule has 1 aromatic carbocycles. The quantitative estimate of drug-likeness (QED) is 0.845. The molecule has 0 bridgehead atoms. The van der Waals surface area contributed by atoms with Gasteiger partial charge >= 0.3 is 0 Å². The summed E-state index contributed by atoms with van der Waals surface area (Å²) >= 11 is 6.54. The summed E-state index contributed by atoms with van der Waals surface area (Å²) in [4.78, 5) is 0. The molecule has 0 spiro atoms. The van der Waals surface area contributed by atoms with Crippen molar-refractivity contribution in [1.29, 1.82) is 0 Å². The molecule has 3 heteroatoms. The number of ether oxygens (including phenoxy) is 1. The van der Waals surface area contributed by atoms with E-state index in [2.05, 4.69) is 11.4 Å². The van der Waals surface area contributed by atoms with E-state index in [1.165, 1.54) is 36.0 Å². The third kappa shape index (κ3) is 2.81. The van der Waals surface area contributed by atoms with Gasteiger partial charge in [0.15, 0.2) is 0 Å². The van der Waals surface area contributed by atoms with Gasteiger partial charge in [0.1, 0.15) is 5.75 Å². The van der Waals surface area contributed by atoms with Crippen LogP contribution in [0.15, 0.2) is 6.07 Å². The smallest absolute Gasteiger partial charge is 0.140 e. The van der Waals surface area contributed by atoms with Gasteiger partial charge in [0.05, 0.1) is 12.1 Å². The lowest BCUT2D eigenvalue weighted by Crippen LogP contribution is -2.12. The molecule has 18 heavy (non-hydrogen) atoms. The van der Waals surface area contributed by atoms with Gasteiger partial charge in [-0.15, -0.1) is 0 Å². The Bertz CT molecular complexity index is 417. The van der Waals surface area contributed by atoms with Crippen LogP contribution in [0, 0.1) is 0 Å². The molecular formula is C15H22ClNO. The molecule has 0 saturated carbocycles. The van der Waals surface area contributed by atoms with Crippen molar-refractivity contribution in [1.82, 2.24) is 5.32 Å². The molecule has 0 saturated heterocycles. The van der Waals surface area contributed by atoms with Crippen LogP contribution in [-0.2, 0) is 19.3 Å². The van der Waals surface area contributed by atoms with E-state index >= 15 is 0 Å². The highest BCUT2D eigenvalue weighted by Crippen LogP contribution is 2.37. The van der Waals surface area contributed by atoms with Crippen LogP contribution in [-0.4, -0.2) is 20.7 Å². The lowest BCUT2D eigenvalue weighted by Gasteiger charge is -2.17. The summed E-state index contributed by atoms with van der Waals surface area (Å²) < 4.78 is 5.52. The molecule has 1 aliphatic carbocycles. The molecule has 0 atom stereocenters. The van der Waals surface area contributed by atoms with Crippen molar-refractivity contribution in [3.63, 3.8) is 0 Å². The van der Waals surface area contributed by atoms with Gasteiger partial charge < -0.3 is 10.1 Å². The van der Waals surface area contributed by atoms with E-state index in [1.54, 1.807) is 7.11 Å². The Morgan fingerprint density at radius 1 is 1.28 bits per heavy atom. The van der Waals surface area contributed by atoms with Crippen LogP contribution in [0.2, 0.25) is 5.02 Å². The highest BCUT2D eigenvalue weighted by atomic mass is 35.5. The average molecular weight is 268 g/mol. The number of halogens is 1. The minimum atomic E-state index is 0.850. The molecule has 0 heterocycles. The first-order valence-electron chi connectivity index (χ1n) is 6.79. The summed E-state index contributed by atoms with van der Waals surface area (Å²) in [6.07, 6.45) is 7.04. The largest absolute Gasteiger partial charge is 0.495 e. The summed E-state index contributed by atoms with van der Waals surface area (Å²) in [6.45, 7) is 0.950. The Kier molecular flexibility index (Phi) is 4.90. The molecule has 100 valence electrons. The molecular weight excluding hydrogens is 246 g/mol. The average Bonchev–Trinajstić information content (AvgIpc) is 2.62. The second kappa shape index (κ2) is 6.44. The lowest BCUT2D eigenvalue weighted by molar-refractivity contribution is 0.409. The molecule has 2 nitrogen and oxygen atoms in total. The summed E-state index contributed by atoms with van der Waals surface area (Å²) in [5.41, 5.74) is 3.99. The van der Waals surface area contributed by atoms with Gasteiger partial charge in [-0.05, 0) is 62.4 Å². The summed E-state index contributed by atoms with van der Waals surface area (Å²) in [7, 11) is 3.69. The summed E-state index contributed by atoms with van der Waals surface area (Å²) in [5, 5.41) is 4.03. The first kappa shape index (κ1) is 13.7. The monoisotopic (exact) mass is 267 g/mol. The fraction of sp³-hybridized carbons (Fsp3) is 0.600. The van der Waals surface area contributed by atoms with Crippen molar-refractivity contribution < 1.29 is 4.74 Å². The van der Waals surface area contributed by atoms with Gasteiger partial charge in [0, 0.05) is 0 Å². The van der Waals surface area contributed by atoms with Gasteiger partial charge in [-0.3, -0.25) is 0 Å². The van der Waals surface area contributed by atoms with E-state index in [-0.39, 0.29) is 0 Å². The van der Waals surface area contributed by atoms with Crippen molar-refractivity contribution in [2.75, 3.05) is 20.7 Å². The van der Waals surface area contributed by atoms with E-state index in [9.17, 15) is 0 Å². The second-order valence-corrected chi connectivity index (χ2v) is 5.31. The zero-order valence-electron chi connectivity index (χ0n) is 11.3. The van der Waals surface area contributed by atoms with Crippen molar-refractivity contribution in [3.8, 4) is 5.75 Å². The topological polar surface area (TPSA) is 21.3 Å². The molecule has 0 aromatic heterocycles. The fourth-order valence-electron chi connectivity index (χ4n) is 2.74. The van der Waals surface area contributed by atoms with Gasteiger partial charge in [-0.1, -0.05) is 24.1 Å². The van der Waals surface area contributed by atoms with E-state index in [0.29, 0.717) is 0 Å². The molecule has 0 amide bonds. The Morgan fingerprint density at radius 2 is 2.06 bits per heavy atom. The number of likely N-dealkylation sites (N-methyl/N-ethyl adjacent to an activating group) is 1. The maximum Gasteiger partial charge on any atom is 0.140 e. The molecule has 1 aliphatic rings. The zero-order valence-corrected chi connectivity index (χ0v) is 12.1. The molecule has 0 fully saturated rings. The number of benzene rings is 1. The number of aryl methyl sites for hydroxylation is 1. The predicted molar refractivity (Wildman–Crippen MR) is 76.9 cm³/mol. The SMILES string of the molecule is CNCCc1cc2c(c(Cl)c1OC)CCCCC2. The van der Waals surface area contributed by atoms with Gasteiger partial charge in [-0.2, -0.15) is 0 Å². The third-order valence-electron chi connectivity index (χ3n) is 3.71. The van der Waals surface area contributed by atoms with E-state index < -0.39 is 0 Å². The molecule has 0 radical (unpaired) electrons. The minimum Gasteiger partial charge on any atom is -0.495 e. The summed E-state index contributed by atoms with van der Waals surface area (Å²) in [5.74, 6) is 0.882. The molecule has 0 unspecified atom stereocenters. The highest BCUT2D eigenvalue weighted by Gasteiger charge is 2.18. The summed E-state index contributed by atoms with van der Waals surface area (Å²) in [6, 6.07) is 2.31. The Balaban J connectivity index is 2.41. The maximum absolute atomic E-state index is 6.54. The normalized spacial score (nSPS) is 15.1. The zero-order chi connectivity index (χ0) is 13.0. The van der Waals surface area contributed by atoms with Crippen LogP contribution in [0.1, 0.15) is 36.0 Å². The van der Waals surface area contributed by atoms with E-state index in [4.69, 9.17) is 16.3 Å². The van der Waals surface area contributed by atoms with E-state index in [0.717, 1.165) is 36.6 Å². The van der Waals surface area contributed by atoms with Crippen molar-refractivity contribution >= 4 is 11.6 Å². The number of hydrogen-bond donors (Lipinski definition) is 1. The van der Waals surface area contributed by atoms with Crippen LogP contribution >= 0.6 is 11.6 Å². The Morgan fingerprint density at radius 3 is 2.78 bits per heavy atom. The standard InChI is InChI=1S/C15H22ClNO/c1-17-9-8-12-10-11-6-4-3-5-7-13(11)14(16)15(12)18-2/h10,17H,3-9H2,1-2H3. The second-order valence-electron chi connectivity index (χ2n) is 4.93. The fourth-order valence-corrected chi connectivity index (χ4v) is 3.15. The molecule has 1 aromatic rings. The van der Waals surface area contributed by atoms with Crippen LogP contribution in [0.4, 0.5) is 0 Å². The first-order valence-corrected chi connectivity index (χ1v) is 7.17. The van der Waals surface area contributed by atoms with Crippen LogP contribution in [0.25, 0.3) is 0 Å². The van der Waals surface area contributed by atoms with Gasteiger partial charge in [0.2, 0.25) is 0 Å². The number of fused-ring (bicyclic) bond motifs is 1. The van der Waals surface area contributed by atoms with Crippen LogP contribution in [0.3, 0.4) is 0 Å². The number of rotatable bonds is 4. The number of hydrogen-bond acceptors (Lipinski definition) is 2. The Hall–Kier alpha value is -0.730. The maximum atomic E-state index is 6.54.